The molecule has 3 heterocycles. The summed E-state index contributed by atoms with van der Waals surface area (Å²) < 4.78 is 0. The number of hydrogen-bond donors (Lipinski definition) is 4. The molecule has 0 radical (unpaired) electrons. The molecule has 0 aliphatic carbocycles. The number of carbonyl (C=O) groups is 1. The number of carbonyl (C=O) groups excluding carboxylic acids is 1. The number of hydrogen-bond acceptors (Lipinski definition) is 6. The summed E-state index contributed by atoms with van der Waals surface area (Å²) in [7, 11) is 0. The Morgan fingerprint density at radius 3 is 2.56 bits per heavy atom. The number of pyridine rings is 1. The topological polar surface area (TPSA) is 120 Å². The number of aromatic nitrogens is 5. The molecule has 0 saturated heterocycles. The Hall–Kier alpha value is -3.10. The highest BCUT2D eigenvalue weighted by Crippen LogP contribution is 2.28. The van der Waals surface area contributed by atoms with Gasteiger partial charge in [-0.2, -0.15) is 0 Å². The van der Waals surface area contributed by atoms with Crippen LogP contribution in [0.2, 0.25) is 0 Å². The van der Waals surface area contributed by atoms with Crippen LogP contribution in [0, 0.1) is 0 Å². The van der Waals surface area contributed by atoms with Crippen LogP contribution in [0.25, 0.3) is 33.2 Å². The van der Waals surface area contributed by atoms with Crippen LogP contribution in [0.15, 0.2) is 36.7 Å². The summed E-state index contributed by atoms with van der Waals surface area (Å²) >= 11 is 0. The number of Topliss-reactive ketones (excluding diaryl/α,β-unsaturated/α-hetero) is 1. The molecule has 0 aliphatic rings. The number of benzene rings is 1. The van der Waals surface area contributed by atoms with Gasteiger partial charge in [0.1, 0.15) is 0 Å². The molecular weight excluding hydrogens is 344 g/mol. The van der Waals surface area contributed by atoms with Gasteiger partial charge < -0.3 is 15.5 Å². The average molecular weight is 364 g/mol. The van der Waals surface area contributed by atoms with E-state index in [1.54, 1.807) is 26.2 Å². The summed E-state index contributed by atoms with van der Waals surface area (Å²) in [6, 6.07) is 7.63. The van der Waals surface area contributed by atoms with Crippen molar-refractivity contribution in [1.29, 1.82) is 0 Å². The van der Waals surface area contributed by atoms with Crippen molar-refractivity contribution in [2.75, 3.05) is 13.1 Å². The number of rotatable bonds is 6. The largest absolute Gasteiger partial charge is 0.389 e. The van der Waals surface area contributed by atoms with Gasteiger partial charge in [0.2, 0.25) is 5.78 Å². The van der Waals surface area contributed by atoms with Crippen LogP contribution in [0.4, 0.5) is 0 Å². The molecule has 8 nitrogen and oxygen atoms in total. The van der Waals surface area contributed by atoms with Crippen LogP contribution in [0.5, 0.6) is 0 Å². The van der Waals surface area contributed by atoms with Crippen molar-refractivity contribution in [3.05, 3.63) is 42.5 Å². The number of nitrogens with zero attached hydrogens (tertiary/aromatic N) is 3. The third-order valence-corrected chi connectivity index (χ3v) is 4.22. The highest BCUT2D eigenvalue weighted by Gasteiger charge is 2.17. The van der Waals surface area contributed by atoms with Gasteiger partial charge in [-0.25, -0.2) is 9.97 Å². The molecule has 4 rings (SSSR count). The lowest BCUT2D eigenvalue weighted by Crippen LogP contribution is -2.37. The van der Waals surface area contributed by atoms with Crippen molar-refractivity contribution >= 4 is 27.7 Å². The minimum Gasteiger partial charge on any atom is -0.389 e. The molecule has 4 N–H and O–H groups in total. The van der Waals surface area contributed by atoms with E-state index in [0.717, 1.165) is 22.2 Å². The van der Waals surface area contributed by atoms with Gasteiger partial charge >= 0.3 is 0 Å². The molecule has 27 heavy (non-hydrogen) atoms. The molecule has 0 amide bonds. The first kappa shape index (κ1) is 17.3. The maximum Gasteiger partial charge on any atom is 0.213 e. The minimum absolute atomic E-state index is 0.0776. The molecule has 0 atom stereocenters. The van der Waals surface area contributed by atoms with Gasteiger partial charge in [-0.15, -0.1) is 0 Å². The molecule has 4 aromatic rings. The van der Waals surface area contributed by atoms with Crippen LogP contribution < -0.4 is 5.32 Å². The van der Waals surface area contributed by atoms with Gasteiger partial charge in [-0.05, 0) is 38.1 Å². The van der Waals surface area contributed by atoms with E-state index in [-0.39, 0.29) is 18.2 Å². The van der Waals surface area contributed by atoms with Crippen LogP contribution in [-0.2, 0) is 0 Å². The van der Waals surface area contributed by atoms with E-state index in [0.29, 0.717) is 17.6 Å². The highest BCUT2D eigenvalue weighted by molar-refractivity contribution is 6.03. The smallest absolute Gasteiger partial charge is 0.213 e. The van der Waals surface area contributed by atoms with Crippen molar-refractivity contribution in [1.82, 2.24) is 30.5 Å². The Balaban J connectivity index is 1.64. The molecule has 1 aromatic carbocycles. The predicted molar refractivity (Wildman–Crippen MR) is 102 cm³/mol. The van der Waals surface area contributed by atoms with Crippen LogP contribution in [-0.4, -0.2) is 54.7 Å². The van der Waals surface area contributed by atoms with Gasteiger partial charge in [0.25, 0.3) is 0 Å². The SMILES string of the molecule is CC(C)(O)CNCC(=O)c1nc2cc3[nH][nH]c(-c4ccncc4)c3cc2n1. The number of aromatic amines is 2. The van der Waals surface area contributed by atoms with E-state index in [4.69, 9.17) is 0 Å². The first-order chi connectivity index (χ1) is 12.9. The first-order valence-electron chi connectivity index (χ1n) is 8.65. The zero-order chi connectivity index (χ0) is 19.0. The van der Waals surface area contributed by atoms with Crippen LogP contribution in [0.3, 0.4) is 0 Å². The second-order valence-corrected chi connectivity index (χ2v) is 7.13. The molecule has 8 heteroatoms. The molecule has 3 aromatic heterocycles. The number of ketones is 1. The summed E-state index contributed by atoms with van der Waals surface area (Å²) in [6.45, 7) is 3.75. The van der Waals surface area contributed by atoms with Crippen molar-refractivity contribution in [2.24, 2.45) is 0 Å². The Morgan fingerprint density at radius 2 is 1.85 bits per heavy atom. The van der Waals surface area contributed by atoms with Crippen molar-refractivity contribution in [3.63, 3.8) is 0 Å². The Labute approximate surface area is 155 Å². The number of nitrogens with one attached hydrogen (secondary N) is 3. The van der Waals surface area contributed by atoms with Crippen LogP contribution >= 0.6 is 0 Å². The summed E-state index contributed by atoms with van der Waals surface area (Å²) in [5.74, 6) is -0.0321. The molecule has 0 fully saturated rings. The van der Waals surface area contributed by atoms with E-state index >= 15 is 0 Å². The van der Waals surface area contributed by atoms with E-state index in [1.807, 2.05) is 24.3 Å². The Bertz CT molecular complexity index is 1110. The van der Waals surface area contributed by atoms with Gasteiger partial charge in [0.05, 0.1) is 34.4 Å². The summed E-state index contributed by atoms with van der Waals surface area (Å²) in [5, 5.41) is 19.9. The standard InChI is InChI=1S/C19H20N6O2/c1-19(2,27)10-21-9-16(26)18-22-14-7-12-13(8-15(14)23-18)24-25-17(12)11-3-5-20-6-4-11/h3-8,21,24-25,27H,9-10H2,1-2H3. The van der Waals surface area contributed by atoms with Gasteiger partial charge in [-0.1, -0.05) is 0 Å². The fourth-order valence-electron chi connectivity index (χ4n) is 2.95. The number of aliphatic hydroxyl groups is 1. The predicted octanol–water partition coefficient (Wildman–Crippen LogP) is 2.04. The Kier molecular flexibility index (Phi) is 4.21. The maximum atomic E-state index is 12.3. The van der Waals surface area contributed by atoms with Crippen molar-refractivity contribution in [3.8, 4) is 11.3 Å². The van der Waals surface area contributed by atoms with Crippen molar-refractivity contribution in [2.45, 2.75) is 19.4 Å². The first-order valence-corrected chi connectivity index (χ1v) is 8.65. The molecule has 138 valence electrons. The van der Waals surface area contributed by atoms with E-state index in [2.05, 4.69) is 30.5 Å². The van der Waals surface area contributed by atoms with Gasteiger partial charge in [0.15, 0.2) is 5.82 Å². The average Bonchev–Trinajstić information content (AvgIpc) is 3.22. The summed E-state index contributed by atoms with van der Waals surface area (Å²) in [4.78, 5) is 25.1. The minimum atomic E-state index is -0.878. The monoisotopic (exact) mass is 364 g/mol. The lowest BCUT2D eigenvalue weighted by atomic mass is 10.1. The molecule has 0 spiro atoms. The van der Waals surface area contributed by atoms with Crippen LogP contribution in [0.1, 0.15) is 24.5 Å². The van der Waals surface area contributed by atoms with Gasteiger partial charge in [0, 0.05) is 29.9 Å². The lowest BCUT2D eigenvalue weighted by molar-refractivity contribution is 0.0777. The summed E-state index contributed by atoms with van der Waals surface area (Å²) in [5.41, 5.74) is 3.26. The fourth-order valence-corrected chi connectivity index (χ4v) is 2.95. The lowest BCUT2D eigenvalue weighted by Gasteiger charge is -2.16. The van der Waals surface area contributed by atoms with E-state index in [9.17, 15) is 9.90 Å². The zero-order valence-corrected chi connectivity index (χ0v) is 15.1. The molecule has 0 aliphatic heterocycles. The second-order valence-electron chi connectivity index (χ2n) is 7.13. The van der Waals surface area contributed by atoms with E-state index < -0.39 is 5.60 Å². The number of H-pyrrole nitrogens is 2. The molecular formula is C19H20N6O2. The molecule has 0 saturated carbocycles. The third-order valence-electron chi connectivity index (χ3n) is 4.22. The van der Waals surface area contributed by atoms with Crippen molar-refractivity contribution < 1.29 is 9.90 Å². The zero-order valence-electron chi connectivity index (χ0n) is 15.1. The quantitative estimate of drug-likeness (QED) is 0.389. The fraction of sp³-hybridized carbons (Fsp3) is 0.263. The number of imidazole rings is 1. The highest BCUT2D eigenvalue weighted by atomic mass is 16.3. The Morgan fingerprint density at radius 1 is 1.15 bits per heavy atom. The maximum absolute atomic E-state index is 12.3. The molecule has 0 unspecified atom stereocenters. The third kappa shape index (κ3) is 3.57. The second kappa shape index (κ2) is 6.57. The number of fused-ring (bicyclic) bond motifs is 2. The molecule has 0 bridgehead atoms. The summed E-state index contributed by atoms with van der Waals surface area (Å²) in [6.07, 6.45) is 3.47. The normalized spacial score (nSPS) is 12.1. The van der Waals surface area contributed by atoms with E-state index in [1.165, 1.54) is 0 Å². The van der Waals surface area contributed by atoms with Gasteiger partial charge in [-0.3, -0.25) is 14.9 Å².